The first-order valence-corrected chi connectivity index (χ1v) is 8.52. The zero-order chi connectivity index (χ0) is 14.1. The molecule has 0 aromatic carbocycles. The van der Waals surface area contributed by atoms with E-state index in [-0.39, 0.29) is 0 Å². The molecule has 7 heteroatoms. The number of nitrogens with one attached hydrogen (secondary N) is 1. The summed E-state index contributed by atoms with van der Waals surface area (Å²) in [5.74, 6) is 1.95. The summed E-state index contributed by atoms with van der Waals surface area (Å²) in [6.45, 7) is 5.40. The first-order valence-electron chi connectivity index (χ1n) is 6.62. The lowest BCUT2D eigenvalue weighted by Gasteiger charge is -2.23. The summed E-state index contributed by atoms with van der Waals surface area (Å²) in [7, 11) is -3.07. The average Bonchev–Trinajstić information content (AvgIpc) is 2.71. The molecule has 0 spiro atoms. The number of aromatic nitrogens is 3. The highest BCUT2D eigenvalue weighted by molar-refractivity contribution is 7.92. The Morgan fingerprint density at radius 2 is 2.05 bits per heavy atom. The highest BCUT2D eigenvalue weighted by Crippen LogP contribution is 2.15. The molecular formula is C12H22N4O2S. The molecule has 0 saturated heterocycles. The molecule has 1 aromatic rings. The van der Waals surface area contributed by atoms with Gasteiger partial charge < -0.3 is 9.88 Å². The number of nitrogens with zero attached hydrogens (tertiary/aromatic N) is 3. The maximum Gasteiger partial charge on any atom is 0.153 e. The van der Waals surface area contributed by atoms with Gasteiger partial charge in [0.05, 0.1) is 11.3 Å². The van der Waals surface area contributed by atoms with E-state index in [1.807, 2.05) is 0 Å². The highest BCUT2D eigenvalue weighted by Gasteiger charge is 2.29. The topological polar surface area (TPSA) is 76.9 Å². The van der Waals surface area contributed by atoms with Crippen molar-refractivity contribution in [1.29, 1.82) is 0 Å². The summed E-state index contributed by atoms with van der Waals surface area (Å²) in [6, 6.07) is 0. The van der Waals surface area contributed by atoms with Gasteiger partial charge in [0, 0.05) is 25.8 Å². The van der Waals surface area contributed by atoms with Crippen molar-refractivity contribution in [2.75, 3.05) is 12.8 Å². The molecule has 0 amide bonds. The smallest absolute Gasteiger partial charge is 0.153 e. The molecule has 6 nitrogen and oxygen atoms in total. The molecule has 0 bridgehead atoms. The fourth-order valence-electron chi connectivity index (χ4n) is 2.11. The molecule has 2 rings (SSSR count). The van der Waals surface area contributed by atoms with Crippen LogP contribution in [-0.4, -0.2) is 40.7 Å². The third-order valence-electron chi connectivity index (χ3n) is 3.77. The molecular weight excluding hydrogens is 264 g/mol. The van der Waals surface area contributed by atoms with Crippen molar-refractivity contribution in [3.63, 3.8) is 0 Å². The van der Waals surface area contributed by atoms with Crippen molar-refractivity contribution in [3.05, 3.63) is 11.6 Å². The van der Waals surface area contributed by atoms with E-state index in [1.54, 1.807) is 13.8 Å². The van der Waals surface area contributed by atoms with Crippen molar-refractivity contribution >= 4 is 9.84 Å². The Kier molecular flexibility index (Phi) is 3.96. The van der Waals surface area contributed by atoms with Gasteiger partial charge in [-0.25, -0.2) is 8.42 Å². The fourth-order valence-corrected chi connectivity index (χ4v) is 2.47. The number of aryl methyl sites for hydroxylation is 1. The van der Waals surface area contributed by atoms with E-state index in [1.165, 1.54) is 12.7 Å². The summed E-state index contributed by atoms with van der Waals surface area (Å²) in [5, 5.41) is 11.5. The number of hydrogen-bond donors (Lipinski definition) is 1. The largest absolute Gasteiger partial charge is 0.314 e. The Bertz CT molecular complexity index is 548. The van der Waals surface area contributed by atoms with E-state index in [4.69, 9.17) is 0 Å². The molecule has 0 aliphatic carbocycles. The second-order valence-electron chi connectivity index (χ2n) is 5.78. The summed E-state index contributed by atoms with van der Waals surface area (Å²) >= 11 is 0. The van der Waals surface area contributed by atoms with Crippen LogP contribution < -0.4 is 5.32 Å². The van der Waals surface area contributed by atoms with Gasteiger partial charge in [0.1, 0.15) is 11.6 Å². The molecule has 0 radical (unpaired) electrons. The zero-order valence-corrected chi connectivity index (χ0v) is 12.6. The Labute approximate surface area is 114 Å². The Hall–Kier alpha value is -0.950. The van der Waals surface area contributed by atoms with E-state index in [9.17, 15) is 8.42 Å². The summed E-state index contributed by atoms with van der Waals surface area (Å²) in [6.07, 6.45) is 4.59. The number of rotatable bonds is 5. The molecule has 0 saturated carbocycles. The first kappa shape index (κ1) is 14.5. The molecule has 1 aromatic heterocycles. The zero-order valence-electron chi connectivity index (χ0n) is 11.8. The van der Waals surface area contributed by atoms with Crippen LogP contribution in [0, 0.1) is 0 Å². The van der Waals surface area contributed by atoms with Crippen LogP contribution in [0.4, 0.5) is 0 Å². The standard InChI is InChI=1S/C12H22N4O2S/c1-12(2,19(3,17)18)9-13-8-11-15-14-10-6-4-5-7-16(10)11/h13H,4-9H2,1-3H3. The summed E-state index contributed by atoms with van der Waals surface area (Å²) in [4.78, 5) is 0. The van der Waals surface area contributed by atoms with Gasteiger partial charge >= 0.3 is 0 Å². The van der Waals surface area contributed by atoms with Crippen molar-refractivity contribution in [1.82, 2.24) is 20.1 Å². The van der Waals surface area contributed by atoms with Gasteiger partial charge in [-0.2, -0.15) is 0 Å². The number of sulfone groups is 1. The van der Waals surface area contributed by atoms with Crippen LogP contribution in [-0.2, 0) is 29.3 Å². The molecule has 2 heterocycles. The predicted octanol–water partition coefficient (Wildman–Crippen LogP) is 0.527. The average molecular weight is 286 g/mol. The normalized spacial score (nSPS) is 16.4. The maximum absolute atomic E-state index is 11.6. The van der Waals surface area contributed by atoms with Crippen molar-refractivity contribution in [2.45, 2.75) is 50.9 Å². The third-order valence-corrected chi connectivity index (χ3v) is 5.93. The quantitative estimate of drug-likeness (QED) is 0.854. The minimum absolute atomic E-state index is 0.411. The monoisotopic (exact) mass is 286 g/mol. The Morgan fingerprint density at radius 1 is 1.32 bits per heavy atom. The Morgan fingerprint density at radius 3 is 2.74 bits per heavy atom. The SMILES string of the molecule is CC(C)(CNCc1nnc2n1CCCC2)S(C)(=O)=O. The molecule has 19 heavy (non-hydrogen) atoms. The van der Waals surface area contributed by atoms with Crippen LogP contribution in [0.2, 0.25) is 0 Å². The van der Waals surface area contributed by atoms with Gasteiger partial charge in [0.25, 0.3) is 0 Å². The van der Waals surface area contributed by atoms with E-state index < -0.39 is 14.6 Å². The van der Waals surface area contributed by atoms with Crippen LogP contribution in [0.1, 0.15) is 38.3 Å². The van der Waals surface area contributed by atoms with Crippen molar-refractivity contribution < 1.29 is 8.42 Å². The van der Waals surface area contributed by atoms with Gasteiger partial charge in [-0.05, 0) is 26.7 Å². The maximum atomic E-state index is 11.6. The fraction of sp³-hybridized carbons (Fsp3) is 0.833. The molecule has 0 unspecified atom stereocenters. The number of fused-ring (bicyclic) bond motifs is 1. The molecule has 108 valence electrons. The second kappa shape index (κ2) is 5.20. The lowest BCUT2D eigenvalue weighted by atomic mass is 10.1. The second-order valence-corrected chi connectivity index (χ2v) is 8.43. The minimum Gasteiger partial charge on any atom is -0.314 e. The summed E-state index contributed by atoms with van der Waals surface area (Å²) in [5.41, 5.74) is 0. The van der Waals surface area contributed by atoms with E-state index in [0.717, 1.165) is 31.0 Å². The lowest BCUT2D eigenvalue weighted by molar-refractivity contribution is 0.483. The molecule has 0 atom stereocenters. The predicted molar refractivity (Wildman–Crippen MR) is 73.6 cm³/mol. The van der Waals surface area contributed by atoms with Crippen LogP contribution in [0.5, 0.6) is 0 Å². The molecule has 1 aliphatic rings. The van der Waals surface area contributed by atoms with E-state index >= 15 is 0 Å². The van der Waals surface area contributed by atoms with Gasteiger partial charge in [-0.15, -0.1) is 10.2 Å². The minimum atomic E-state index is -3.07. The van der Waals surface area contributed by atoms with Crippen LogP contribution >= 0.6 is 0 Å². The van der Waals surface area contributed by atoms with Crippen LogP contribution in [0.25, 0.3) is 0 Å². The van der Waals surface area contributed by atoms with Gasteiger partial charge in [0.2, 0.25) is 0 Å². The molecule has 1 N–H and O–H groups in total. The van der Waals surface area contributed by atoms with Crippen molar-refractivity contribution in [2.24, 2.45) is 0 Å². The van der Waals surface area contributed by atoms with E-state index in [0.29, 0.717) is 13.1 Å². The summed E-state index contributed by atoms with van der Waals surface area (Å²) < 4.78 is 24.6. The van der Waals surface area contributed by atoms with Gasteiger partial charge in [0.15, 0.2) is 9.84 Å². The highest BCUT2D eigenvalue weighted by atomic mass is 32.2. The molecule has 0 fully saturated rings. The molecule has 1 aliphatic heterocycles. The number of hydrogen-bond acceptors (Lipinski definition) is 5. The van der Waals surface area contributed by atoms with Gasteiger partial charge in [-0.1, -0.05) is 0 Å². The first-order chi connectivity index (χ1) is 8.81. The van der Waals surface area contributed by atoms with Crippen molar-refractivity contribution in [3.8, 4) is 0 Å². The third kappa shape index (κ3) is 3.14. The lowest BCUT2D eigenvalue weighted by Crippen LogP contribution is -2.41. The Balaban J connectivity index is 1.95. The van der Waals surface area contributed by atoms with Gasteiger partial charge in [-0.3, -0.25) is 0 Å². The van der Waals surface area contributed by atoms with Crippen LogP contribution in [0.3, 0.4) is 0 Å². The van der Waals surface area contributed by atoms with E-state index in [2.05, 4.69) is 20.1 Å². The van der Waals surface area contributed by atoms with Crippen LogP contribution in [0.15, 0.2) is 0 Å².